The number of hydrogen-bond acceptors (Lipinski definition) is 3. The Kier molecular flexibility index (Phi) is 3.21. The van der Waals surface area contributed by atoms with Crippen molar-refractivity contribution in [3.8, 4) is 5.75 Å². The summed E-state index contributed by atoms with van der Waals surface area (Å²) >= 11 is 3.39. The molecule has 5 heteroatoms. The molecule has 0 bridgehead atoms. The minimum atomic E-state index is 0.691. The second-order valence-electron chi connectivity index (χ2n) is 4.20. The number of hydrogen-bond donors (Lipinski definition) is 0. The summed E-state index contributed by atoms with van der Waals surface area (Å²) in [6.45, 7) is 0.691. The van der Waals surface area contributed by atoms with Gasteiger partial charge in [-0.1, -0.05) is 12.1 Å². The van der Waals surface area contributed by atoms with Gasteiger partial charge >= 0.3 is 0 Å². The second-order valence-corrected chi connectivity index (χ2v) is 5.01. The number of benzene rings is 1. The Morgan fingerprint density at radius 1 is 1.16 bits per heavy atom. The van der Waals surface area contributed by atoms with Crippen molar-refractivity contribution in [2.24, 2.45) is 0 Å². The van der Waals surface area contributed by atoms with Gasteiger partial charge in [0.05, 0.1) is 19.9 Å². The number of fused-ring (bicyclic) bond motifs is 1. The van der Waals surface area contributed by atoms with Crippen LogP contribution >= 0.6 is 15.9 Å². The van der Waals surface area contributed by atoms with Crippen LogP contribution in [0.2, 0.25) is 0 Å². The maximum absolute atomic E-state index is 5.15. The van der Waals surface area contributed by atoms with Crippen molar-refractivity contribution in [1.29, 1.82) is 0 Å². The zero-order valence-corrected chi connectivity index (χ0v) is 12.0. The number of halogens is 1. The summed E-state index contributed by atoms with van der Waals surface area (Å²) in [4.78, 5) is 4.46. The van der Waals surface area contributed by atoms with Crippen molar-refractivity contribution >= 4 is 27.0 Å². The van der Waals surface area contributed by atoms with Gasteiger partial charge in [0, 0.05) is 5.39 Å². The van der Waals surface area contributed by atoms with Crippen molar-refractivity contribution in [3.63, 3.8) is 0 Å². The summed E-state index contributed by atoms with van der Waals surface area (Å²) < 4.78 is 7.86. The van der Waals surface area contributed by atoms with Gasteiger partial charge in [0.25, 0.3) is 0 Å². The van der Waals surface area contributed by atoms with Gasteiger partial charge in [-0.15, -0.1) is 0 Å². The fourth-order valence-corrected chi connectivity index (χ4v) is 2.25. The van der Waals surface area contributed by atoms with Gasteiger partial charge in [0.15, 0.2) is 5.65 Å². The zero-order valence-electron chi connectivity index (χ0n) is 10.4. The molecule has 0 saturated carbocycles. The molecule has 0 fully saturated rings. The molecule has 1 aromatic carbocycles. The summed E-state index contributed by atoms with van der Waals surface area (Å²) in [6.07, 6.45) is 1.83. The van der Waals surface area contributed by atoms with Gasteiger partial charge in [0.1, 0.15) is 10.4 Å². The van der Waals surface area contributed by atoms with E-state index in [0.29, 0.717) is 6.54 Å². The topological polar surface area (TPSA) is 39.9 Å². The third-order valence-electron chi connectivity index (χ3n) is 2.94. The first kappa shape index (κ1) is 12.2. The summed E-state index contributed by atoms with van der Waals surface area (Å²) in [5.41, 5.74) is 2.04. The SMILES string of the molecule is COc1ccc(Cn2ncc3ccc(Br)nc32)cc1. The van der Waals surface area contributed by atoms with E-state index in [1.807, 2.05) is 47.3 Å². The minimum absolute atomic E-state index is 0.691. The Bertz CT molecular complexity index is 706. The Labute approximate surface area is 119 Å². The lowest BCUT2D eigenvalue weighted by molar-refractivity contribution is 0.414. The molecule has 0 N–H and O–H groups in total. The van der Waals surface area contributed by atoms with Gasteiger partial charge in [0.2, 0.25) is 0 Å². The van der Waals surface area contributed by atoms with Crippen LogP contribution in [0.4, 0.5) is 0 Å². The molecule has 4 nitrogen and oxygen atoms in total. The predicted molar refractivity (Wildman–Crippen MR) is 77.3 cm³/mol. The molecule has 0 aliphatic heterocycles. The average Bonchev–Trinajstić information content (AvgIpc) is 2.82. The molecule has 0 spiro atoms. The second kappa shape index (κ2) is 5.01. The fourth-order valence-electron chi connectivity index (χ4n) is 1.95. The number of ether oxygens (including phenoxy) is 1. The highest BCUT2D eigenvalue weighted by Gasteiger charge is 2.05. The van der Waals surface area contributed by atoms with Crippen LogP contribution in [0.25, 0.3) is 11.0 Å². The lowest BCUT2D eigenvalue weighted by Gasteiger charge is -2.05. The highest BCUT2D eigenvalue weighted by molar-refractivity contribution is 9.10. The lowest BCUT2D eigenvalue weighted by atomic mass is 10.2. The maximum Gasteiger partial charge on any atom is 0.159 e. The lowest BCUT2D eigenvalue weighted by Crippen LogP contribution is -2.02. The van der Waals surface area contributed by atoms with E-state index in [1.165, 1.54) is 0 Å². The number of pyridine rings is 1. The van der Waals surface area contributed by atoms with Crippen molar-refractivity contribution in [1.82, 2.24) is 14.8 Å². The van der Waals surface area contributed by atoms with Crippen LogP contribution in [0.3, 0.4) is 0 Å². The third-order valence-corrected chi connectivity index (χ3v) is 3.39. The van der Waals surface area contributed by atoms with E-state index >= 15 is 0 Å². The summed E-state index contributed by atoms with van der Waals surface area (Å²) in [5, 5.41) is 5.41. The minimum Gasteiger partial charge on any atom is -0.497 e. The molecule has 96 valence electrons. The van der Waals surface area contributed by atoms with E-state index in [2.05, 4.69) is 26.0 Å². The van der Waals surface area contributed by atoms with Crippen LogP contribution in [0.5, 0.6) is 5.75 Å². The third kappa shape index (κ3) is 2.46. The molecule has 0 aliphatic rings. The van der Waals surface area contributed by atoms with Crippen LogP contribution in [-0.2, 0) is 6.54 Å². The monoisotopic (exact) mass is 317 g/mol. The molecule has 19 heavy (non-hydrogen) atoms. The number of rotatable bonds is 3. The van der Waals surface area contributed by atoms with E-state index in [4.69, 9.17) is 4.74 Å². The van der Waals surface area contributed by atoms with E-state index in [9.17, 15) is 0 Å². The van der Waals surface area contributed by atoms with Crippen molar-refractivity contribution in [3.05, 3.63) is 52.8 Å². The summed E-state index contributed by atoms with van der Waals surface area (Å²) in [5.74, 6) is 0.856. The largest absolute Gasteiger partial charge is 0.497 e. The molecule has 0 aliphatic carbocycles. The highest BCUT2D eigenvalue weighted by atomic mass is 79.9. The normalized spacial score (nSPS) is 10.8. The van der Waals surface area contributed by atoms with E-state index < -0.39 is 0 Å². The molecule has 0 unspecified atom stereocenters. The molecule has 0 saturated heterocycles. The van der Waals surface area contributed by atoms with Crippen molar-refractivity contribution in [2.45, 2.75) is 6.54 Å². The number of nitrogens with zero attached hydrogens (tertiary/aromatic N) is 3. The molecule has 2 heterocycles. The molecule has 2 aromatic heterocycles. The van der Waals surface area contributed by atoms with Gasteiger partial charge in [-0.2, -0.15) is 5.10 Å². The Balaban J connectivity index is 1.93. The van der Waals surface area contributed by atoms with Crippen LogP contribution in [0, 0.1) is 0 Å². The van der Waals surface area contributed by atoms with Gasteiger partial charge in [-0.25, -0.2) is 9.67 Å². The summed E-state index contributed by atoms with van der Waals surface area (Å²) in [6, 6.07) is 11.9. The first-order chi connectivity index (χ1) is 9.26. The first-order valence-corrected chi connectivity index (χ1v) is 6.66. The van der Waals surface area contributed by atoms with Crippen LogP contribution in [0.15, 0.2) is 47.2 Å². The zero-order chi connectivity index (χ0) is 13.2. The molecule has 3 aromatic rings. The van der Waals surface area contributed by atoms with Gasteiger partial charge in [-0.3, -0.25) is 0 Å². The number of methoxy groups -OCH3 is 1. The van der Waals surface area contributed by atoms with Crippen LogP contribution in [-0.4, -0.2) is 21.9 Å². The highest BCUT2D eigenvalue weighted by Crippen LogP contribution is 2.17. The van der Waals surface area contributed by atoms with E-state index in [-0.39, 0.29) is 0 Å². The standard InChI is InChI=1S/C14H12BrN3O/c1-19-12-5-2-10(3-6-12)9-18-14-11(8-16-18)4-7-13(15)17-14/h2-8H,9H2,1H3. The first-order valence-electron chi connectivity index (χ1n) is 5.87. The van der Waals surface area contributed by atoms with Crippen LogP contribution in [0.1, 0.15) is 5.56 Å². The van der Waals surface area contributed by atoms with Gasteiger partial charge in [-0.05, 0) is 45.8 Å². The van der Waals surface area contributed by atoms with Crippen molar-refractivity contribution in [2.75, 3.05) is 7.11 Å². The predicted octanol–water partition coefficient (Wildman–Crippen LogP) is 3.25. The van der Waals surface area contributed by atoms with Crippen molar-refractivity contribution < 1.29 is 4.74 Å². The van der Waals surface area contributed by atoms with Crippen LogP contribution < -0.4 is 4.74 Å². The molecule has 0 radical (unpaired) electrons. The van der Waals surface area contributed by atoms with E-state index in [1.54, 1.807) is 7.11 Å². The average molecular weight is 318 g/mol. The molecule has 3 rings (SSSR count). The quantitative estimate of drug-likeness (QED) is 0.696. The fraction of sp³-hybridized carbons (Fsp3) is 0.143. The van der Waals surface area contributed by atoms with Gasteiger partial charge < -0.3 is 4.74 Å². The molecule has 0 atom stereocenters. The smallest absolute Gasteiger partial charge is 0.159 e. The molecular formula is C14H12BrN3O. The Hall–Kier alpha value is -1.88. The molecule has 0 amide bonds. The Morgan fingerprint density at radius 3 is 2.68 bits per heavy atom. The maximum atomic E-state index is 5.15. The molecular weight excluding hydrogens is 306 g/mol. The number of aromatic nitrogens is 3. The van der Waals surface area contributed by atoms with E-state index in [0.717, 1.165) is 26.9 Å². The summed E-state index contributed by atoms with van der Waals surface area (Å²) in [7, 11) is 1.66. The Morgan fingerprint density at radius 2 is 1.95 bits per heavy atom.